The molecule has 2 aliphatic rings. The fourth-order valence-electron chi connectivity index (χ4n) is 3.13. The Morgan fingerprint density at radius 3 is 2.74 bits per heavy atom. The number of rotatable bonds is 3. The average molecular weight is 269 g/mol. The van der Waals surface area contributed by atoms with E-state index in [1.165, 1.54) is 13.5 Å². The summed E-state index contributed by atoms with van der Waals surface area (Å²) in [6, 6.07) is 0.142. The van der Waals surface area contributed by atoms with Gasteiger partial charge in [-0.15, -0.1) is 0 Å². The molecule has 2 atom stereocenters. The molecule has 0 radical (unpaired) electrons. The predicted octanol–water partition coefficient (Wildman–Crippen LogP) is 0.237. The summed E-state index contributed by atoms with van der Waals surface area (Å²) in [5.74, 6) is 0.138. The summed E-state index contributed by atoms with van der Waals surface area (Å²) in [5, 5.41) is 0. The molecule has 0 aromatic heterocycles. The first-order valence-corrected chi connectivity index (χ1v) is 6.80. The Labute approximate surface area is 114 Å². The highest BCUT2D eigenvalue weighted by molar-refractivity contribution is 5.82. The highest BCUT2D eigenvalue weighted by Crippen LogP contribution is 2.27. The lowest BCUT2D eigenvalue weighted by atomic mass is 9.90. The van der Waals surface area contributed by atoms with E-state index in [0.717, 1.165) is 19.5 Å². The average Bonchev–Trinajstić information content (AvgIpc) is 2.67. The molecule has 0 N–H and O–H groups in total. The van der Waals surface area contributed by atoms with Crippen LogP contribution in [0.1, 0.15) is 12.8 Å². The summed E-state index contributed by atoms with van der Waals surface area (Å²) < 4.78 is 4.63. The molecule has 6 heteroatoms. The molecule has 108 valence electrons. The molecule has 2 fully saturated rings. The first-order valence-electron chi connectivity index (χ1n) is 6.80. The third kappa shape index (κ3) is 3.00. The number of hydrogen-bond donors (Lipinski definition) is 0. The van der Waals surface area contributed by atoms with Crippen molar-refractivity contribution in [1.82, 2.24) is 14.7 Å². The number of methoxy groups -OCH3 is 1. The van der Waals surface area contributed by atoms with Gasteiger partial charge in [0.2, 0.25) is 0 Å². The van der Waals surface area contributed by atoms with E-state index in [4.69, 9.17) is 0 Å². The van der Waals surface area contributed by atoms with Crippen LogP contribution in [0.2, 0.25) is 0 Å². The molecule has 0 saturated carbocycles. The number of likely N-dealkylation sites (tertiary alicyclic amines) is 1. The summed E-state index contributed by atoms with van der Waals surface area (Å²) in [5.41, 5.74) is 0. The minimum absolute atomic E-state index is 0.0543. The lowest BCUT2D eigenvalue weighted by Gasteiger charge is -2.35. The van der Waals surface area contributed by atoms with Gasteiger partial charge in [0.15, 0.2) is 0 Å². The lowest BCUT2D eigenvalue weighted by Crippen LogP contribution is -2.44. The fraction of sp³-hybridized carbons (Fsp3) is 0.846. The summed E-state index contributed by atoms with van der Waals surface area (Å²) >= 11 is 0. The molecule has 0 spiro atoms. The molecular weight excluding hydrogens is 246 g/mol. The predicted molar refractivity (Wildman–Crippen MR) is 70.8 cm³/mol. The van der Waals surface area contributed by atoms with Crippen molar-refractivity contribution >= 4 is 12.0 Å². The Bertz CT molecular complexity index is 361. The quantitative estimate of drug-likeness (QED) is 0.689. The number of amides is 2. The second-order valence-corrected chi connectivity index (χ2v) is 5.58. The molecule has 0 bridgehead atoms. The molecule has 0 aromatic rings. The number of hydrogen-bond acceptors (Lipinski definition) is 4. The molecule has 6 nitrogen and oxygen atoms in total. The van der Waals surface area contributed by atoms with Gasteiger partial charge < -0.3 is 19.4 Å². The van der Waals surface area contributed by atoms with Crippen LogP contribution in [0.15, 0.2) is 0 Å². The third-order valence-electron chi connectivity index (χ3n) is 4.23. The van der Waals surface area contributed by atoms with Crippen molar-refractivity contribution in [2.24, 2.45) is 5.92 Å². The number of piperidine rings is 1. The van der Waals surface area contributed by atoms with Crippen LogP contribution < -0.4 is 0 Å². The van der Waals surface area contributed by atoms with Crippen LogP contribution in [0.25, 0.3) is 0 Å². The van der Waals surface area contributed by atoms with Gasteiger partial charge >= 0.3 is 12.0 Å². The highest BCUT2D eigenvalue weighted by Gasteiger charge is 2.40. The van der Waals surface area contributed by atoms with Crippen molar-refractivity contribution in [2.45, 2.75) is 18.9 Å². The van der Waals surface area contributed by atoms with Gasteiger partial charge in [0, 0.05) is 20.1 Å². The second kappa shape index (κ2) is 5.77. The van der Waals surface area contributed by atoms with Gasteiger partial charge in [-0.1, -0.05) is 0 Å². The van der Waals surface area contributed by atoms with E-state index in [-0.39, 0.29) is 24.6 Å². The van der Waals surface area contributed by atoms with Crippen molar-refractivity contribution in [3.63, 3.8) is 0 Å². The Balaban J connectivity index is 1.99. The monoisotopic (exact) mass is 269 g/mol. The van der Waals surface area contributed by atoms with Crippen LogP contribution in [0.4, 0.5) is 4.79 Å². The van der Waals surface area contributed by atoms with Crippen LogP contribution in [-0.4, -0.2) is 80.1 Å². The number of nitrogens with zero attached hydrogens (tertiary/aromatic N) is 3. The number of ether oxygens (including phenoxy) is 1. The maximum absolute atomic E-state index is 12.1. The number of urea groups is 1. The molecule has 0 aromatic carbocycles. The van der Waals surface area contributed by atoms with Gasteiger partial charge in [0.25, 0.3) is 0 Å². The molecule has 2 unspecified atom stereocenters. The first kappa shape index (κ1) is 14.1. The zero-order valence-electron chi connectivity index (χ0n) is 12.0. The van der Waals surface area contributed by atoms with Crippen LogP contribution in [0, 0.1) is 5.92 Å². The van der Waals surface area contributed by atoms with E-state index in [2.05, 4.69) is 16.7 Å². The Hall–Kier alpha value is -1.30. The summed E-state index contributed by atoms with van der Waals surface area (Å²) in [4.78, 5) is 29.1. The van der Waals surface area contributed by atoms with Crippen molar-refractivity contribution in [3.05, 3.63) is 0 Å². The summed E-state index contributed by atoms with van der Waals surface area (Å²) in [6.45, 7) is 2.84. The molecule has 2 rings (SSSR count). The van der Waals surface area contributed by atoms with E-state index in [9.17, 15) is 9.59 Å². The SMILES string of the molecule is COC(=O)CN1CC(C2CCCN(C)C2)N(C)C1=O. The minimum Gasteiger partial charge on any atom is -0.468 e. The van der Waals surface area contributed by atoms with E-state index >= 15 is 0 Å². The molecule has 2 aliphatic heterocycles. The number of esters is 1. The number of likely N-dealkylation sites (N-methyl/N-ethyl adjacent to an activating group) is 1. The molecule has 2 saturated heterocycles. The summed E-state index contributed by atoms with van der Waals surface area (Å²) in [6.07, 6.45) is 2.33. The molecule has 2 heterocycles. The number of carbonyl (C=O) groups excluding carboxylic acids is 2. The number of carbonyl (C=O) groups is 2. The van der Waals surface area contributed by atoms with Gasteiger partial charge in [0.05, 0.1) is 13.2 Å². The van der Waals surface area contributed by atoms with Gasteiger partial charge in [-0.25, -0.2) is 4.79 Å². The van der Waals surface area contributed by atoms with Crippen molar-refractivity contribution < 1.29 is 14.3 Å². The van der Waals surface area contributed by atoms with Crippen LogP contribution in [0.3, 0.4) is 0 Å². The third-order valence-corrected chi connectivity index (χ3v) is 4.23. The molecule has 0 aliphatic carbocycles. The van der Waals surface area contributed by atoms with Crippen LogP contribution in [0.5, 0.6) is 0 Å². The lowest BCUT2D eigenvalue weighted by molar-refractivity contribution is -0.141. The molecule has 19 heavy (non-hydrogen) atoms. The zero-order valence-corrected chi connectivity index (χ0v) is 12.0. The maximum Gasteiger partial charge on any atom is 0.325 e. The van der Waals surface area contributed by atoms with Gasteiger partial charge in [-0.3, -0.25) is 4.79 Å². The van der Waals surface area contributed by atoms with Gasteiger partial charge in [0.1, 0.15) is 6.54 Å². The topological polar surface area (TPSA) is 53.1 Å². The van der Waals surface area contributed by atoms with Crippen molar-refractivity contribution in [3.8, 4) is 0 Å². The van der Waals surface area contributed by atoms with E-state index < -0.39 is 0 Å². The van der Waals surface area contributed by atoms with E-state index in [1.807, 2.05) is 7.05 Å². The van der Waals surface area contributed by atoms with Crippen LogP contribution >= 0.6 is 0 Å². The highest BCUT2D eigenvalue weighted by atomic mass is 16.5. The second-order valence-electron chi connectivity index (χ2n) is 5.58. The smallest absolute Gasteiger partial charge is 0.325 e. The zero-order chi connectivity index (χ0) is 14.0. The Morgan fingerprint density at radius 1 is 1.37 bits per heavy atom. The summed E-state index contributed by atoms with van der Waals surface area (Å²) in [7, 11) is 5.30. The van der Waals surface area contributed by atoms with Gasteiger partial charge in [-0.05, 0) is 32.4 Å². The Morgan fingerprint density at radius 2 is 2.11 bits per heavy atom. The first-order chi connectivity index (χ1) is 9.02. The largest absolute Gasteiger partial charge is 0.468 e. The minimum atomic E-state index is -0.358. The van der Waals surface area contributed by atoms with E-state index in [1.54, 1.807) is 9.80 Å². The van der Waals surface area contributed by atoms with Crippen molar-refractivity contribution in [2.75, 3.05) is 47.4 Å². The van der Waals surface area contributed by atoms with E-state index in [0.29, 0.717) is 12.5 Å². The normalized spacial score (nSPS) is 28.9. The molecule has 2 amide bonds. The standard InChI is InChI=1S/C13H23N3O3/c1-14-6-4-5-10(7-14)11-8-16(9-12(17)19-3)13(18)15(11)2/h10-11H,4-9H2,1-3H3. The van der Waals surface area contributed by atoms with Gasteiger partial charge in [-0.2, -0.15) is 0 Å². The Kier molecular flexibility index (Phi) is 4.29. The molecular formula is C13H23N3O3. The van der Waals surface area contributed by atoms with Crippen LogP contribution in [-0.2, 0) is 9.53 Å². The fourth-order valence-corrected chi connectivity index (χ4v) is 3.13. The maximum atomic E-state index is 12.1. The van der Waals surface area contributed by atoms with Crippen molar-refractivity contribution in [1.29, 1.82) is 0 Å².